The van der Waals surface area contributed by atoms with E-state index in [0.29, 0.717) is 17.7 Å². The van der Waals surface area contributed by atoms with Crippen LogP contribution >= 0.6 is 39.1 Å². The third-order valence-corrected chi connectivity index (χ3v) is 4.36. The van der Waals surface area contributed by atoms with Gasteiger partial charge in [-0.2, -0.15) is 0 Å². The van der Waals surface area contributed by atoms with E-state index in [2.05, 4.69) is 34.8 Å². The lowest BCUT2D eigenvalue weighted by Crippen LogP contribution is -2.30. The summed E-state index contributed by atoms with van der Waals surface area (Å²) in [6.45, 7) is 4.39. The first-order valence-corrected chi connectivity index (χ1v) is 7.60. The van der Waals surface area contributed by atoms with Crippen molar-refractivity contribution in [1.82, 2.24) is 4.98 Å². The van der Waals surface area contributed by atoms with Crippen LogP contribution in [0.5, 0.6) is 0 Å². The molecule has 1 aromatic rings. The number of hydrogen-bond donors (Lipinski definition) is 0. The Bertz CT molecular complexity index is 334. The number of nitrogens with zero attached hydrogens (tertiary/aromatic N) is 1. The topological polar surface area (TPSA) is 12.9 Å². The number of pyridine rings is 1. The summed E-state index contributed by atoms with van der Waals surface area (Å²) in [5, 5.41) is 0. The number of halogens is 3. The molecule has 0 fully saturated rings. The average Bonchev–Trinajstić information content (AvgIpc) is 2.30. The van der Waals surface area contributed by atoms with Gasteiger partial charge in [0.25, 0.3) is 0 Å². The predicted octanol–water partition coefficient (Wildman–Crippen LogP) is 4.90. The summed E-state index contributed by atoms with van der Waals surface area (Å²) in [7, 11) is 0. The first-order chi connectivity index (χ1) is 8.01. The van der Waals surface area contributed by atoms with Crippen molar-refractivity contribution in [2.75, 3.05) is 11.8 Å². The first-order valence-electron chi connectivity index (χ1n) is 5.74. The molecule has 0 saturated carbocycles. The molecular formula is C13H18BrCl2N. The lowest BCUT2D eigenvalue weighted by atomic mass is 9.79. The van der Waals surface area contributed by atoms with Crippen LogP contribution in [-0.2, 0) is 6.42 Å². The van der Waals surface area contributed by atoms with E-state index in [1.807, 2.05) is 18.3 Å². The fourth-order valence-electron chi connectivity index (χ4n) is 2.07. The summed E-state index contributed by atoms with van der Waals surface area (Å²) in [6, 6.07) is 4.03. The Hall–Kier alpha value is 0.210. The van der Waals surface area contributed by atoms with Crippen molar-refractivity contribution < 1.29 is 0 Å². The molecule has 17 heavy (non-hydrogen) atoms. The van der Waals surface area contributed by atoms with Crippen LogP contribution < -0.4 is 0 Å². The summed E-state index contributed by atoms with van der Waals surface area (Å²) in [5.74, 6) is 1.74. The quantitative estimate of drug-likeness (QED) is 0.672. The Labute approximate surface area is 122 Å². The van der Waals surface area contributed by atoms with E-state index >= 15 is 0 Å². The molecule has 0 atom stereocenters. The van der Waals surface area contributed by atoms with Crippen molar-refractivity contribution in [3.63, 3.8) is 0 Å². The number of alkyl halides is 2. The van der Waals surface area contributed by atoms with E-state index < -0.39 is 0 Å². The number of aromatic nitrogens is 1. The SMILES string of the molecule is CC(C)CC(CCl)(CCl)Cc1ccc(Br)cn1. The van der Waals surface area contributed by atoms with Gasteiger partial charge in [-0.05, 0) is 46.8 Å². The van der Waals surface area contributed by atoms with Gasteiger partial charge in [-0.3, -0.25) is 4.98 Å². The van der Waals surface area contributed by atoms with E-state index in [0.717, 1.165) is 23.0 Å². The van der Waals surface area contributed by atoms with Gasteiger partial charge in [-0.15, -0.1) is 23.2 Å². The van der Waals surface area contributed by atoms with Crippen LogP contribution in [0.1, 0.15) is 26.0 Å². The zero-order valence-electron chi connectivity index (χ0n) is 10.2. The molecule has 96 valence electrons. The minimum atomic E-state index is -0.0435. The van der Waals surface area contributed by atoms with E-state index in [4.69, 9.17) is 23.2 Å². The maximum absolute atomic E-state index is 6.13. The van der Waals surface area contributed by atoms with Gasteiger partial charge in [0.05, 0.1) is 0 Å². The van der Waals surface area contributed by atoms with Crippen molar-refractivity contribution >= 4 is 39.1 Å². The minimum absolute atomic E-state index is 0.0435. The van der Waals surface area contributed by atoms with Gasteiger partial charge in [0, 0.05) is 33.5 Å². The molecule has 0 aliphatic rings. The second kappa shape index (κ2) is 6.96. The minimum Gasteiger partial charge on any atom is -0.260 e. The average molecular weight is 339 g/mol. The van der Waals surface area contributed by atoms with Crippen molar-refractivity contribution in [3.05, 3.63) is 28.5 Å². The van der Waals surface area contributed by atoms with Gasteiger partial charge in [0.2, 0.25) is 0 Å². The van der Waals surface area contributed by atoms with Crippen LogP contribution in [0.25, 0.3) is 0 Å². The summed E-state index contributed by atoms with van der Waals surface area (Å²) in [4.78, 5) is 4.40. The number of hydrogen-bond acceptors (Lipinski definition) is 1. The van der Waals surface area contributed by atoms with E-state index in [-0.39, 0.29) is 5.41 Å². The fourth-order valence-corrected chi connectivity index (χ4v) is 3.00. The standard InChI is InChI=1S/C13H18BrCl2N/c1-10(2)5-13(8-15,9-16)6-12-4-3-11(14)7-17-12/h3-4,7,10H,5-6,8-9H2,1-2H3. The van der Waals surface area contributed by atoms with Gasteiger partial charge >= 0.3 is 0 Å². The molecule has 0 unspecified atom stereocenters. The Morgan fingerprint density at radius 3 is 2.35 bits per heavy atom. The fraction of sp³-hybridized carbons (Fsp3) is 0.615. The van der Waals surface area contributed by atoms with Crippen LogP contribution in [0.3, 0.4) is 0 Å². The highest BCUT2D eigenvalue weighted by Crippen LogP contribution is 2.33. The van der Waals surface area contributed by atoms with Crippen molar-refractivity contribution in [2.24, 2.45) is 11.3 Å². The van der Waals surface area contributed by atoms with Crippen molar-refractivity contribution in [1.29, 1.82) is 0 Å². The molecule has 0 aliphatic heterocycles. The predicted molar refractivity (Wildman–Crippen MR) is 79.0 cm³/mol. The van der Waals surface area contributed by atoms with Gasteiger partial charge in [-0.1, -0.05) is 13.8 Å². The molecule has 0 aromatic carbocycles. The molecule has 0 spiro atoms. The smallest absolute Gasteiger partial charge is 0.0413 e. The van der Waals surface area contributed by atoms with Gasteiger partial charge < -0.3 is 0 Å². The van der Waals surface area contributed by atoms with Crippen LogP contribution in [0.2, 0.25) is 0 Å². The summed E-state index contributed by atoms with van der Waals surface area (Å²) >= 11 is 15.6. The Kier molecular flexibility index (Phi) is 6.25. The van der Waals surface area contributed by atoms with Gasteiger partial charge in [0.15, 0.2) is 0 Å². The number of rotatable bonds is 6. The molecule has 4 heteroatoms. The molecule has 0 bridgehead atoms. The maximum Gasteiger partial charge on any atom is 0.0413 e. The maximum atomic E-state index is 6.13. The van der Waals surface area contributed by atoms with E-state index in [1.165, 1.54) is 0 Å². The van der Waals surface area contributed by atoms with Crippen molar-refractivity contribution in [2.45, 2.75) is 26.7 Å². The lowest BCUT2D eigenvalue weighted by molar-refractivity contribution is 0.293. The zero-order chi connectivity index (χ0) is 12.9. The molecule has 0 saturated heterocycles. The molecule has 0 radical (unpaired) electrons. The van der Waals surface area contributed by atoms with Gasteiger partial charge in [0.1, 0.15) is 0 Å². The second-order valence-electron chi connectivity index (χ2n) is 5.01. The molecule has 1 rings (SSSR count). The first kappa shape index (κ1) is 15.3. The Balaban J connectivity index is 2.82. The van der Waals surface area contributed by atoms with Gasteiger partial charge in [-0.25, -0.2) is 0 Å². The van der Waals surface area contributed by atoms with Crippen LogP contribution in [0, 0.1) is 11.3 Å². The monoisotopic (exact) mass is 337 g/mol. The highest BCUT2D eigenvalue weighted by atomic mass is 79.9. The third kappa shape index (κ3) is 4.76. The highest BCUT2D eigenvalue weighted by Gasteiger charge is 2.30. The van der Waals surface area contributed by atoms with Crippen LogP contribution in [-0.4, -0.2) is 16.7 Å². The normalized spacial score (nSPS) is 12.1. The highest BCUT2D eigenvalue weighted by molar-refractivity contribution is 9.10. The largest absolute Gasteiger partial charge is 0.260 e. The second-order valence-corrected chi connectivity index (χ2v) is 6.46. The third-order valence-electron chi connectivity index (χ3n) is 2.75. The molecular weight excluding hydrogens is 321 g/mol. The Morgan fingerprint density at radius 1 is 1.29 bits per heavy atom. The van der Waals surface area contributed by atoms with E-state index in [1.54, 1.807) is 0 Å². The molecule has 1 heterocycles. The molecule has 0 aliphatic carbocycles. The summed E-state index contributed by atoms with van der Waals surface area (Å²) in [5.41, 5.74) is 1.01. The molecule has 0 N–H and O–H groups in total. The lowest BCUT2D eigenvalue weighted by Gasteiger charge is -2.31. The Morgan fingerprint density at radius 2 is 1.94 bits per heavy atom. The van der Waals surface area contributed by atoms with Crippen LogP contribution in [0.4, 0.5) is 0 Å². The molecule has 0 amide bonds. The molecule has 1 nitrogen and oxygen atoms in total. The van der Waals surface area contributed by atoms with Crippen LogP contribution in [0.15, 0.2) is 22.8 Å². The zero-order valence-corrected chi connectivity index (χ0v) is 13.3. The summed E-state index contributed by atoms with van der Waals surface area (Å²) < 4.78 is 0.993. The molecule has 1 aromatic heterocycles. The van der Waals surface area contributed by atoms with Crippen molar-refractivity contribution in [3.8, 4) is 0 Å². The summed E-state index contributed by atoms with van der Waals surface area (Å²) in [6.07, 6.45) is 3.68. The van der Waals surface area contributed by atoms with E-state index in [9.17, 15) is 0 Å².